The van der Waals surface area contributed by atoms with Crippen LogP contribution in [0.5, 0.6) is 0 Å². The first kappa shape index (κ1) is 10.9. The summed E-state index contributed by atoms with van der Waals surface area (Å²) in [5.41, 5.74) is 10.0. The van der Waals surface area contributed by atoms with Gasteiger partial charge in [-0.05, 0) is 23.8 Å². The van der Waals surface area contributed by atoms with E-state index in [4.69, 9.17) is 5.73 Å². The van der Waals surface area contributed by atoms with Gasteiger partial charge in [-0.2, -0.15) is 5.10 Å². The van der Waals surface area contributed by atoms with Gasteiger partial charge < -0.3 is 15.7 Å². The molecule has 2 aromatic carbocycles. The molecule has 0 bridgehead atoms. The van der Waals surface area contributed by atoms with Crippen LogP contribution in [0.2, 0.25) is 0 Å². The normalized spacial score (nSPS) is 11.4. The van der Waals surface area contributed by atoms with E-state index in [1.54, 1.807) is 0 Å². The minimum Gasteiger partial charge on any atom is -0.382 e. The molecule has 0 saturated heterocycles. The molecule has 98 valence electrons. The Hall–Kier alpha value is -3.02. The third-order valence-electron chi connectivity index (χ3n) is 3.45. The number of fused-ring (bicyclic) bond motifs is 2. The monoisotopic (exact) mass is 265 g/mol. The SMILES string of the molecule is Nc1n[nH]c2ccc(-c3cccc4[nH]c(=O)[nH]c34)cc12. The summed E-state index contributed by atoms with van der Waals surface area (Å²) in [7, 11) is 0. The number of nitrogens with one attached hydrogen (secondary N) is 3. The van der Waals surface area contributed by atoms with Gasteiger partial charge >= 0.3 is 5.69 Å². The number of nitrogens with two attached hydrogens (primary N) is 1. The average molecular weight is 265 g/mol. The summed E-state index contributed by atoms with van der Waals surface area (Å²) in [5.74, 6) is 0.469. The molecule has 0 atom stereocenters. The fourth-order valence-corrected chi connectivity index (χ4v) is 2.50. The standard InChI is InChI=1S/C14H11N5O/c15-13-9-6-7(4-5-10(9)18-19-13)8-2-1-3-11-12(8)17-14(20)16-11/h1-6H,(H3,15,18,19)(H2,16,17,20). The van der Waals surface area contributed by atoms with Crippen molar-refractivity contribution in [1.82, 2.24) is 20.2 Å². The maximum Gasteiger partial charge on any atom is 0.323 e. The van der Waals surface area contributed by atoms with E-state index in [9.17, 15) is 4.79 Å². The van der Waals surface area contributed by atoms with E-state index in [-0.39, 0.29) is 5.69 Å². The van der Waals surface area contributed by atoms with Gasteiger partial charge in [0.05, 0.1) is 16.6 Å². The van der Waals surface area contributed by atoms with Gasteiger partial charge in [-0.25, -0.2) is 4.79 Å². The van der Waals surface area contributed by atoms with Gasteiger partial charge in [0.1, 0.15) is 0 Å². The van der Waals surface area contributed by atoms with Crippen molar-refractivity contribution in [2.45, 2.75) is 0 Å². The number of benzene rings is 2. The van der Waals surface area contributed by atoms with Crippen LogP contribution >= 0.6 is 0 Å². The van der Waals surface area contributed by atoms with E-state index in [2.05, 4.69) is 20.2 Å². The minimum absolute atomic E-state index is 0.212. The quantitative estimate of drug-likeness (QED) is 0.423. The maximum absolute atomic E-state index is 11.5. The molecule has 0 fully saturated rings. The molecule has 5 N–H and O–H groups in total. The van der Waals surface area contributed by atoms with E-state index in [0.717, 1.165) is 33.1 Å². The zero-order chi connectivity index (χ0) is 13.7. The molecule has 0 radical (unpaired) electrons. The second-order valence-corrected chi connectivity index (χ2v) is 4.68. The number of aromatic amines is 3. The van der Waals surface area contributed by atoms with Crippen molar-refractivity contribution in [1.29, 1.82) is 0 Å². The van der Waals surface area contributed by atoms with Crippen molar-refractivity contribution in [3.8, 4) is 11.1 Å². The Morgan fingerprint density at radius 1 is 1.05 bits per heavy atom. The fourth-order valence-electron chi connectivity index (χ4n) is 2.50. The van der Waals surface area contributed by atoms with Gasteiger partial charge in [-0.1, -0.05) is 18.2 Å². The molecule has 0 aliphatic rings. The molecule has 6 heteroatoms. The van der Waals surface area contributed by atoms with Gasteiger partial charge in [-0.15, -0.1) is 0 Å². The lowest BCUT2D eigenvalue weighted by Crippen LogP contribution is -1.99. The van der Waals surface area contributed by atoms with Crippen LogP contribution in [0.25, 0.3) is 33.1 Å². The van der Waals surface area contributed by atoms with Crippen molar-refractivity contribution in [3.63, 3.8) is 0 Å². The minimum atomic E-state index is -0.212. The number of rotatable bonds is 1. The summed E-state index contributed by atoms with van der Waals surface area (Å²) in [6.45, 7) is 0. The van der Waals surface area contributed by atoms with Gasteiger partial charge in [-0.3, -0.25) is 5.10 Å². The Morgan fingerprint density at radius 2 is 1.95 bits per heavy atom. The molecule has 0 unspecified atom stereocenters. The molecular formula is C14H11N5O. The Morgan fingerprint density at radius 3 is 2.85 bits per heavy atom. The van der Waals surface area contributed by atoms with Crippen LogP contribution in [-0.2, 0) is 0 Å². The van der Waals surface area contributed by atoms with Crippen molar-refractivity contribution < 1.29 is 0 Å². The van der Waals surface area contributed by atoms with Crippen LogP contribution in [0.4, 0.5) is 5.82 Å². The number of hydrogen-bond donors (Lipinski definition) is 4. The summed E-state index contributed by atoms with van der Waals surface area (Å²) in [5, 5.41) is 7.73. The molecule has 0 aliphatic heterocycles. The number of hydrogen-bond acceptors (Lipinski definition) is 3. The highest BCUT2D eigenvalue weighted by atomic mass is 16.1. The zero-order valence-corrected chi connectivity index (χ0v) is 10.4. The van der Waals surface area contributed by atoms with Gasteiger partial charge in [0, 0.05) is 10.9 Å². The molecule has 2 aromatic heterocycles. The van der Waals surface area contributed by atoms with E-state index >= 15 is 0 Å². The van der Waals surface area contributed by atoms with Crippen molar-refractivity contribution >= 4 is 27.8 Å². The zero-order valence-electron chi connectivity index (χ0n) is 10.4. The molecule has 6 nitrogen and oxygen atoms in total. The molecule has 4 rings (SSSR count). The number of para-hydroxylation sites is 1. The highest BCUT2D eigenvalue weighted by Gasteiger charge is 2.09. The van der Waals surface area contributed by atoms with E-state index in [1.165, 1.54) is 0 Å². The Labute approximate surface area is 112 Å². The van der Waals surface area contributed by atoms with Crippen molar-refractivity contribution in [2.24, 2.45) is 0 Å². The third-order valence-corrected chi connectivity index (χ3v) is 3.45. The summed E-state index contributed by atoms with van der Waals surface area (Å²) in [4.78, 5) is 17.0. The van der Waals surface area contributed by atoms with Crippen LogP contribution in [-0.4, -0.2) is 20.2 Å². The Bertz CT molecular complexity index is 992. The number of anilines is 1. The first-order chi connectivity index (χ1) is 9.72. The second-order valence-electron chi connectivity index (χ2n) is 4.68. The maximum atomic E-state index is 11.5. The van der Waals surface area contributed by atoms with E-state index in [1.807, 2.05) is 36.4 Å². The molecule has 20 heavy (non-hydrogen) atoms. The number of imidazole rings is 1. The lowest BCUT2D eigenvalue weighted by molar-refractivity contribution is 1.13. The topological polar surface area (TPSA) is 103 Å². The summed E-state index contributed by atoms with van der Waals surface area (Å²) in [6.07, 6.45) is 0. The Balaban J connectivity index is 2.05. The first-order valence-corrected chi connectivity index (χ1v) is 6.17. The number of H-pyrrole nitrogens is 3. The van der Waals surface area contributed by atoms with E-state index in [0.29, 0.717) is 5.82 Å². The fraction of sp³-hybridized carbons (Fsp3) is 0. The van der Waals surface area contributed by atoms with Crippen LogP contribution in [0.15, 0.2) is 41.2 Å². The second kappa shape index (κ2) is 3.74. The van der Waals surface area contributed by atoms with Gasteiger partial charge in [0.25, 0.3) is 0 Å². The lowest BCUT2D eigenvalue weighted by Gasteiger charge is -2.03. The van der Waals surface area contributed by atoms with Crippen LogP contribution in [0.1, 0.15) is 0 Å². The molecule has 2 heterocycles. The predicted octanol–water partition coefficient (Wildman–Crippen LogP) is 1.98. The highest BCUT2D eigenvalue weighted by molar-refractivity contribution is 5.97. The first-order valence-electron chi connectivity index (χ1n) is 6.17. The summed E-state index contributed by atoms with van der Waals surface area (Å²) >= 11 is 0. The smallest absolute Gasteiger partial charge is 0.323 e. The predicted molar refractivity (Wildman–Crippen MR) is 78.4 cm³/mol. The number of aromatic nitrogens is 4. The van der Waals surface area contributed by atoms with Gasteiger partial charge in [0.2, 0.25) is 0 Å². The lowest BCUT2D eigenvalue weighted by atomic mass is 10.0. The van der Waals surface area contributed by atoms with Gasteiger partial charge in [0.15, 0.2) is 5.82 Å². The molecule has 0 saturated carbocycles. The average Bonchev–Trinajstić information content (AvgIpc) is 3.00. The Kier molecular flexibility index (Phi) is 2.03. The highest BCUT2D eigenvalue weighted by Crippen LogP contribution is 2.29. The molecular weight excluding hydrogens is 254 g/mol. The summed E-state index contributed by atoms with van der Waals surface area (Å²) < 4.78 is 0. The van der Waals surface area contributed by atoms with Crippen LogP contribution < -0.4 is 11.4 Å². The molecule has 0 amide bonds. The third kappa shape index (κ3) is 1.45. The summed E-state index contributed by atoms with van der Waals surface area (Å²) in [6, 6.07) is 11.6. The van der Waals surface area contributed by atoms with Crippen molar-refractivity contribution in [3.05, 3.63) is 46.9 Å². The van der Waals surface area contributed by atoms with Crippen LogP contribution in [0.3, 0.4) is 0 Å². The molecule has 0 spiro atoms. The molecule has 0 aliphatic carbocycles. The number of nitrogens with zero attached hydrogens (tertiary/aromatic N) is 1. The number of nitrogen functional groups attached to an aromatic ring is 1. The molecule has 4 aromatic rings. The van der Waals surface area contributed by atoms with E-state index < -0.39 is 0 Å². The van der Waals surface area contributed by atoms with Crippen LogP contribution in [0, 0.1) is 0 Å². The van der Waals surface area contributed by atoms with Crippen molar-refractivity contribution in [2.75, 3.05) is 5.73 Å². The largest absolute Gasteiger partial charge is 0.382 e.